The van der Waals surface area contributed by atoms with E-state index in [2.05, 4.69) is 33.6 Å². The first-order chi connectivity index (χ1) is 12.8. The van der Waals surface area contributed by atoms with Crippen LogP contribution in [0.1, 0.15) is 23.2 Å². The van der Waals surface area contributed by atoms with Crippen molar-refractivity contribution in [3.8, 4) is 0 Å². The first kappa shape index (κ1) is 16.2. The zero-order valence-corrected chi connectivity index (χ0v) is 15.5. The third kappa shape index (κ3) is 2.89. The van der Waals surface area contributed by atoms with Crippen LogP contribution in [0, 0.1) is 5.92 Å². The lowest BCUT2D eigenvalue weighted by molar-refractivity contribution is 0.0413. The maximum atomic E-state index is 12.5. The second kappa shape index (κ2) is 6.63. The molecule has 3 fully saturated rings. The number of rotatable bonds is 3. The Balaban J connectivity index is 1.33. The fourth-order valence-electron chi connectivity index (χ4n) is 4.46. The molecular weight excluding hydrogens is 342 g/mol. The van der Waals surface area contributed by atoms with Gasteiger partial charge in [0.05, 0.1) is 0 Å². The van der Waals surface area contributed by atoms with E-state index in [0.717, 1.165) is 17.4 Å². The van der Waals surface area contributed by atoms with Crippen LogP contribution in [-0.4, -0.2) is 47.1 Å². The van der Waals surface area contributed by atoms with Crippen molar-refractivity contribution in [3.63, 3.8) is 0 Å². The monoisotopic (exact) mass is 365 g/mol. The van der Waals surface area contributed by atoms with E-state index < -0.39 is 0 Å². The van der Waals surface area contributed by atoms with Crippen molar-refractivity contribution in [3.05, 3.63) is 70.5 Å². The van der Waals surface area contributed by atoms with Gasteiger partial charge in [-0.15, -0.1) is 11.8 Å². The van der Waals surface area contributed by atoms with E-state index in [1.165, 1.54) is 43.0 Å². The van der Waals surface area contributed by atoms with Gasteiger partial charge in [0.1, 0.15) is 0 Å². The number of thioether (sulfide) groups is 1. The van der Waals surface area contributed by atoms with Crippen molar-refractivity contribution in [2.24, 2.45) is 5.92 Å². The Morgan fingerprint density at radius 1 is 1.15 bits per heavy atom. The molecule has 2 bridgehead atoms. The molecule has 1 aromatic rings. The molecule has 5 aliphatic heterocycles. The number of carbonyl (C=O) groups excluding carboxylic acids is 1. The normalized spacial score (nSPS) is 29.6. The molecule has 0 aliphatic carbocycles. The number of piperidine rings is 3. The number of amides is 1. The molecule has 134 valence electrons. The van der Waals surface area contributed by atoms with Crippen LogP contribution in [0.2, 0.25) is 0 Å². The summed E-state index contributed by atoms with van der Waals surface area (Å²) in [6.07, 6.45) is 9.35. The van der Waals surface area contributed by atoms with Gasteiger partial charge >= 0.3 is 0 Å². The summed E-state index contributed by atoms with van der Waals surface area (Å²) in [7, 11) is 0. The van der Waals surface area contributed by atoms with Crippen LogP contribution in [0.4, 0.5) is 0 Å². The van der Waals surface area contributed by atoms with Crippen molar-refractivity contribution in [2.75, 3.05) is 25.4 Å². The summed E-state index contributed by atoms with van der Waals surface area (Å²) < 4.78 is 0. The summed E-state index contributed by atoms with van der Waals surface area (Å²) in [5.41, 5.74) is 2.91. The fraction of sp³-hybridized carbons (Fsp3) is 0.381. The minimum atomic E-state index is -0.0248. The van der Waals surface area contributed by atoms with Crippen LogP contribution in [-0.2, 0) is 0 Å². The molecule has 6 rings (SSSR count). The number of hydrogen-bond donors (Lipinski definition) is 1. The first-order valence-corrected chi connectivity index (χ1v) is 10.4. The number of benzene rings is 1. The van der Waals surface area contributed by atoms with E-state index in [-0.39, 0.29) is 5.91 Å². The van der Waals surface area contributed by atoms with Crippen LogP contribution in [0.3, 0.4) is 0 Å². The number of allylic oxidation sites excluding steroid dienone is 2. The molecular formula is C21H23N3OS. The highest BCUT2D eigenvalue weighted by Crippen LogP contribution is 2.40. The van der Waals surface area contributed by atoms with Gasteiger partial charge < -0.3 is 15.1 Å². The van der Waals surface area contributed by atoms with E-state index in [1.807, 2.05) is 42.1 Å². The number of nitrogens with zero attached hydrogens (tertiary/aromatic N) is 2. The Labute approximate surface area is 158 Å². The molecule has 4 nitrogen and oxygen atoms in total. The number of nitrogens with one attached hydrogen (secondary N) is 1. The van der Waals surface area contributed by atoms with Gasteiger partial charge in [0, 0.05) is 52.5 Å². The average Bonchev–Trinajstić information content (AvgIpc) is 3.11. The molecule has 0 unspecified atom stereocenters. The zero-order valence-electron chi connectivity index (χ0n) is 14.7. The highest BCUT2D eigenvalue weighted by Gasteiger charge is 2.37. The zero-order chi connectivity index (χ0) is 17.5. The number of fused-ring (bicyclic) bond motifs is 4. The van der Waals surface area contributed by atoms with Crippen LogP contribution in [0.25, 0.3) is 0 Å². The summed E-state index contributed by atoms with van der Waals surface area (Å²) in [5.74, 6) is 1.62. The second-order valence-electron chi connectivity index (χ2n) is 7.46. The SMILES string of the molecule is O=C(NC1=C2C=CN([C@H]3CN4CCC3CC4)C=C2SC1)c1ccccc1. The molecule has 0 saturated carbocycles. The lowest BCUT2D eigenvalue weighted by Gasteiger charge is -2.48. The Morgan fingerprint density at radius 2 is 1.96 bits per heavy atom. The number of carbonyl (C=O) groups is 1. The molecule has 0 spiro atoms. The maximum absolute atomic E-state index is 12.5. The predicted octanol–water partition coefficient (Wildman–Crippen LogP) is 3.18. The summed E-state index contributed by atoms with van der Waals surface area (Å²) >= 11 is 1.83. The topological polar surface area (TPSA) is 35.6 Å². The fourth-order valence-corrected chi connectivity index (χ4v) is 5.53. The summed E-state index contributed by atoms with van der Waals surface area (Å²) in [6.45, 7) is 3.72. The highest BCUT2D eigenvalue weighted by atomic mass is 32.2. The Kier molecular flexibility index (Phi) is 4.14. The van der Waals surface area contributed by atoms with E-state index in [0.29, 0.717) is 11.6 Å². The van der Waals surface area contributed by atoms with E-state index in [4.69, 9.17) is 0 Å². The minimum absolute atomic E-state index is 0.0248. The molecule has 1 aromatic carbocycles. The summed E-state index contributed by atoms with van der Waals surface area (Å²) in [4.78, 5) is 18.8. The van der Waals surface area contributed by atoms with Crippen LogP contribution < -0.4 is 5.32 Å². The molecule has 3 saturated heterocycles. The third-order valence-corrected chi connectivity index (χ3v) is 7.02. The van der Waals surface area contributed by atoms with Crippen LogP contribution >= 0.6 is 11.8 Å². The largest absolute Gasteiger partial charge is 0.349 e. The van der Waals surface area contributed by atoms with Crippen molar-refractivity contribution in [1.82, 2.24) is 15.1 Å². The van der Waals surface area contributed by atoms with Gasteiger partial charge in [-0.3, -0.25) is 4.79 Å². The Morgan fingerprint density at radius 3 is 2.69 bits per heavy atom. The molecule has 0 radical (unpaired) electrons. The summed E-state index contributed by atoms with van der Waals surface area (Å²) in [6, 6.07) is 10.0. The van der Waals surface area contributed by atoms with Gasteiger partial charge in [0.2, 0.25) is 0 Å². The third-order valence-electron chi connectivity index (χ3n) is 5.95. The molecule has 26 heavy (non-hydrogen) atoms. The van der Waals surface area contributed by atoms with E-state index in [1.54, 1.807) is 0 Å². The van der Waals surface area contributed by atoms with Gasteiger partial charge in [-0.05, 0) is 50.1 Å². The highest BCUT2D eigenvalue weighted by molar-refractivity contribution is 8.03. The molecule has 5 aliphatic rings. The van der Waals surface area contributed by atoms with Crippen molar-refractivity contribution >= 4 is 17.7 Å². The Hall–Kier alpha value is -1.98. The van der Waals surface area contributed by atoms with Crippen LogP contribution in [0.15, 0.2) is 65.0 Å². The van der Waals surface area contributed by atoms with Crippen molar-refractivity contribution in [1.29, 1.82) is 0 Å². The quantitative estimate of drug-likeness (QED) is 0.892. The van der Waals surface area contributed by atoms with E-state index >= 15 is 0 Å². The van der Waals surface area contributed by atoms with Crippen LogP contribution in [0.5, 0.6) is 0 Å². The lowest BCUT2D eigenvalue weighted by Crippen LogP contribution is -2.55. The van der Waals surface area contributed by atoms with Crippen molar-refractivity contribution < 1.29 is 4.79 Å². The first-order valence-electron chi connectivity index (χ1n) is 9.40. The molecule has 1 N–H and O–H groups in total. The van der Waals surface area contributed by atoms with E-state index in [9.17, 15) is 4.79 Å². The molecule has 0 aromatic heterocycles. The van der Waals surface area contributed by atoms with Gasteiger partial charge in [0.25, 0.3) is 5.91 Å². The average molecular weight is 366 g/mol. The predicted molar refractivity (Wildman–Crippen MR) is 105 cm³/mol. The van der Waals surface area contributed by atoms with Crippen molar-refractivity contribution in [2.45, 2.75) is 18.9 Å². The molecule has 5 heteroatoms. The van der Waals surface area contributed by atoms with Gasteiger partial charge in [-0.25, -0.2) is 0 Å². The lowest BCUT2D eigenvalue weighted by atomic mass is 9.83. The molecule has 1 atom stereocenters. The second-order valence-corrected chi connectivity index (χ2v) is 8.48. The van der Waals surface area contributed by atoms with Gasteiger partial charge in [-0.1, -0.05) is 18.2 Å². The van der Waals surface area contributed by atoms with Gasteiger partial charge in [-0.2, -0.15) is 0 Å². The van der Waals surface area contributed by atoms with Gasteiger partial charge in [0.15, 0.2) is 0 Å². The standard InChI is InChI=1S/C21H23N3OS/c25-21(16-4-2-1-3-5-16)22-18-14-26-20-13-24(11-8-17(18)20)19-12-23-9-6-15(19)7-10-23/h1-5,8,11,13,15,19H,6-7,9-10,12,14H2,(H,22,25)/t19-/m0/s1. The minimum Gasteiger partial charge on any atom is -0.349 e. The maximum Gasteiger partial charge on any atom is 0.255 e. The Bertz CT molecular complexity index is 806. The molecule has 1 amide bonds. The smallest absolute Gasteiger partial charge is 0.255 e. The molecule has 5 heterocycles. The summed E-state index contributed by atoms with van der Waals surface area (Å²) in [5, 5.41) is 3.12. The number of hydrogen-bond acceptors (Lipinski definition) is 4.